The summed E-state index contributed by atoms with van der Waals surface area (Å²) in [5.41, 5.74) is -0.758. The first-order valence-corrected chi connectivity index (χ1v) is 8.62. The summed E-state index contributed by atoms with van der Waals surface area (Å²) in [4.78, 5) is 39.7. The zero-order chi connectivity index (χ0) is 16.4. The van der Waals surface area contributed by atoms with Gasteiger partial charge in [-0.3, -0.25) is 19.8 Å². The molecule has 23 heavy (non-hydrogen) atoms. The summed E-state index contributed by atoms with van der Waals surface area (Å²) >= 11 is 0. The smallest absolute Gasteiger partial charge is 0.322 e. The van der Waals surface area contributed by atoms with E-state index in [0.29, 0.717) is 38.5 Å². The van der Waals surface area contributed by atoms with Crippen molar-refractivity contribution in [3.8, 4) is 0 Å². The lowest BCUT2D eigenvalue weighted by atomic mass is 9.87. The van der Waals surface area contributed by atoms with Crippen LogP contribution < -0.4 is 10.6 Å². The summed E-state index contributed by atoms with van der Waals surface area (Å²) in [6.07, 6.45) is 7.04. The molecule has 128 valence electrons. The normalized spacial score (nSPS) is 25.3. The van der Waals surface area contributed by atoms with Crippen molar-refractivity contribution in [3.63, 3.8) is 0 Å². The summed E-state index contributed by atoms with van der Waals surface area (Å²) in [5, 5.41) is 5.06. The largest absolute Gasteiger partial charge is 0.342 e. The predicted molar refractivity (Wildman–Crippen MR) is 84.7 cm³/mol. The zero-order valence-electron chi connectivity index (χ0n) is 13.8. The van der Waals surface area contributed by atoms with Gasteiger partial charge in [0, 0.05) is 26.2 Å². The van der Waals surface area contributed by atoms with E-state index < -0.39 is 11.6 Å². The van der Waals surface area contributed by atoms with E-state index in [1.807, 2.05) is 11.9 Å². The number of hydrogen-bond donors (Lipinski definition) is 2. The fraction of sp³-hybridized carbons (Fsp3) is 0.812. The van der Waals surface area contributed by atoms with Gasteiger partial charge in [-0.15, -0.1) is 0 Å². The molecule has 3 fully saturated rings. The molecule has 1 spiro atoms. The van der Waals surface area contributed by atoms with Crippen molar-refractivity contribution in [2.45, 2.75) is 56.5 Å². The monoisotopic (exact) mass is 322 g/mol. The third-order valence-corrected chi connectivity index (χ3v) is 5.60. The van der Waals surface area contributed by atoms with Crippen LogP contribution in [0.4, 0.5) is 4.79 Å². The minimum Gasteiger partial charge on any atom is -0.342 e. The molecular weight excluding hydrogens is 296 g/mol. The maximum atomic E-state index is 12.5. The summed E-state index contributed by atoms with van der Waals surface area (Å²) < 4.78 is 0. The van der Waals surface area contributed by atoms with Gasteiger partial charge in [-0.25, -0.2) is 4.79 Å². The van der Waals surface area contributed by atoms with Gasteiger partial charge in [0.15, 0.2) is 0 Å². The fourth-order valence-electron chi connectivity index (χ4n) is 3.95. The summed E-state index contributed by atoms with van der Waals surface area (Å²) in [6, 6.07) is -0.0242. The van der Waals surface area contributed by atoms with Gasteiger partial charge < -0.3 is 10.2 Å². The first-order valence-electron chi connectivity index (χ1n) is 8.62. The standard InChI is InChI=1S/C16H26N4O3/c1-19(12-5-3-2-4-6-12)13(21)11-20-9-7-16(8-10-20)14(22)17-15(23)18-16/h12H,2-11H2,1H3,(H2,17,18,22,23). The minimum atomic E-state index is -0.758. The van der Waals surface area contributed by atoms with E-state index in [0.717, 1.165) is 12.8 Å². The summed E-state index contributed by atoms with van der Waals surface area (Å²) in [6.45, 7) is 1.70. The highest BCUT2D eigenvalue weighted by molar-refractivity contribution is 6.07. The van der Waals surface area contributed by atoms with Crippen LogP contribution in [0, 0.1) is 0 Å². The third kappa shape index (κ3) is 3.34. The van der Waals surface area contributed by atoms with Crippen LogP contribution >= 0.6 is 0 Å². The van der Waals surface area contributed by atoms with E-state index in [2.05, 4.69) is 15.5 Å². The number of urea groups is 1. The first-order chi connectivity index (χ1) is 11.0. The molecule has 1 aliphatic carbocycles. The molecular formula is C16H26N4O3. The van der Waals surface area contributed by atoms with Crippen molar-refractivity contribution in [2.75, 3.05) is 26.7 Å². The second kappa shape index (κ2) is 6.47. The van der Waals surface area contributed by atoms with Crippen molar-refractivity contribution in [1.29, 1.82) is 0 Å². The number of hydrogen-bond acceptors (Lipinski definition) is 4. The van der Waals surface area contributed by atoms with Gasteiger partial charge in [0.25, 0.3) is 5.91 Å². The molecule has 0 unspecified atom stereocenters. The molecule has 3 aliphatic rings. The quantitative estimate of drug-likeness (QED) is 0.739. The number of nitrogens with zero attached hydrogens (tertiary/aromatic N) is 2. The number of rotatable bonds is 3. The Morgan fingerprint density at radius 3 is 2.43 bits per heavy atom. The molecule has 3 rings (SSSR count). The van der Waals surface area contributed by atoms with Crippen LogP contribution in [0.3, 0.4) is 0 Å². The van der Waals surface area contributed by atoms with Crippen molar-refractivity contribution in [1.82, 2.24) is 20.4 Å². The molecule has 7 heteroatoms. The Bertz CT molecular complexity index is 494. The molecule has 2 saturated heterocycles. The molecule has 2 N–H and O–H groups in total. The fourth-order valence-corrected chi connectivity index (χ4v) is 3.95. The Balaban J connectivity index is 1.49. The Labute approximate surface area is 136 Å². The Kier molecular flexibility index (Phi) is 4.57. The van der Waals surface area contributed by atoms with Gasteiger partial charge in [-0.2, -0.15) is 0 Å². The maximum absolute atomic E-state index is 12.5. The van der Waals surface area contributed by atoms with E-state index in [1.165, 1.54) is 19.3 Å². The van der Waals surface area contributed by atoms with E-state index >= 15 is 0 Å². The van der Waals surface area contributed by atoms with E-state index in [-0.39, 0.29) is 11.8 Å². The van der Waals surface area contributed by atoms with E-state index in [4.69, 9.17) is 0 Å². The lowest BCUT2D eigenvalue weighted by molar-refractivity contribution is -0.134. The lowest BCUT2D eigenvalue weighted by Crippen LogP contribution is -2.56. The highest BCUT2D eigenvalue weighted by Crippen LogP contribution is 2.26. The molecule has 0 aromatic rings. The van der Waals surface area contributed by atoms with Crippen molar-refractivity contribution in [3.05, 3.63) is 0 Å². The average molecular weight is 322 g/mol. The number of piperidine rings is 1. The minimum absolute atomic E-state index is 0.160. The number of amides is 4. The van der Waals surface area contributed by atoms with Crippen LogP contribution in [0.15, 0.2) is 0 Å². The van der Waals surface area contributed by atoms with Crippen LogP contribution in [0.1, 0.15) is 44.9 Å². The van der Waals surface area contributed by atoms with Crippen LogP contribution in [0.25, 0.3) is 0 Å². The molecule has 0 aromatic heterocycles. The average Bonchev–Trinajstić information content (AvgIpc) is 2.83. The SMILES string of the molecule is CN(C(=O)CN1CCC2(CC1)NC(=O)NC2=O)C1CCCCC1. The Hall–Kier alpha value is -1.63. The number of likely N-dealkylation sites (tertiary alicyclic amines) is 1. The molecule has 7 nitrogen and oxygen atoms in total. The van der Waals surface area contributed by atoms with E-state index in [1.54, 1.807) is 0 Å². The number of imide groups is 1. The van der Waals surface area contributed by atoms with Gasteiger partial charge in [-0.1, -0.05) is 19.3 Å². The topological polar surface area (TPSA) is 81.8 Å². The van der Waals surface area contributed by atoms with Crippen molar-refractivity contribution in [2.24, 2.45) is 0 Å². The van der Waals surface area contributed by atoms with Crippen molar-refractivity contribution < 1.29 is 14.4 Å². The third-order valence-electron chi connectivity index (χ3n) is 5.60. The van der Waals surface area contributed by atoms with Crippen molar-refractivity contribution >= 4 is 17.8 Å². The van der Waals surface area contributed by atoms with Gasteiger partial charge >= 0.3 is 6.03 Å². The molecule has 0 bridgehead atoms. The van der Waals surface area contributed by atoms with Crippen LogP contribution in [0.5, 0.6) is 0 Å². The zero-order valence-corrected chi connectivity index (χ0v) is 13.8. The molecule has 0 atom stereocenters. The molecule has 1 saturated carbocycles. The van der Waals surface area contributed by atoms with Gasteiger partial charge in [-0.05, 0) is 25.7 Å². The molecule has 0 aromatic carbocycles. The maximum Gasteiger partial charge on any atom is 0.322 e. The predicted octanol–water partition coefficient (Wildman–Crippen LogP) is 0.452. The number of carbonyl (C=O) groups is 3. The second-order valence-corrected chi connectivity index (χ2v) is 7.06. The lowest BCUT2D eigenvalue weighted by Gasteiger charge is -2.38. The first kappa shape index (κ1) is 16.2. The van der Waals surface area contributed by atoms with Gasteiger partial charge in [0.05, 0.1) is 6.54 Å². The summed E-state index contributed by atoms with van der Waals surface area (Å²) in [5.74, 6) is -0.0689. The number of carbonyl (C=O) groups excluding carboxylic acids is 3. The van der Waals surface area contributed by atoms with Gasteiger partial charge in [0.2, 0.25) is 5.91 Å². The molecule has 0 radical (unpaired) electrons. The summed E-state index contributed by atoms with van der Waals surface area (Å²) in [7, 11) is 1.91. The highest BCUT2D eigenvalue weighted by atomic mass is 16.2. The van der Waals surface area contributed by atoms with E-state index in [9.17, 15) is 14.4 Å². The van der Waals surface area contributed by atoms with Gasteiger partial charge in [0.1, 0.15) is 5.54 Å². The Morgan fingerprint density at radius 2 is 1.87 bits per heavy atom. The molecule has 2 heterocycles. The Morgan fingerprint density at radius 1 is 1.22 bits per heavy atom. The van der Waals surface area contributed by atoms with Crippen LogP contribution in [-0.4, -0.2) is 65.9 Å². The molecule has 2 aliphatic heterocycles. The highest BCUT2D eigenvalue weighted by Gasteiger charge is 2.47. The number of likely N-dealkylation sites (N-methyl/N-ethyl adjacent to an activating group) is 1. The number of nitrogens with one attached hydrogen (secondary N) is 2. The molecule has 4 amide bonds. The van der Waals surface area contributed by atoms with Crippen LogP contribution in [-0.2, 0) is 9.59 Å². The van der Waals surface area contributed by atoms with Crippen LogP contribution in [0.2, 0.25) is 0 Å². The second-order valence-electron chi connectivity index (χ2n) is 7.06.